The van der Waals surface area contributed by atoms with E-state index in [9.17, 15) is 4.79 Å². The van der Waals surface area contributed by atoms with Crippen LogP contribution in [0.4, 0.5) is 0 Å². The van der Waals surface area contributed by atoms with E-state index in [1.165, 1.54) is 0 Å². The molecule has 1 fully saturated rings. The van der Waals surface area contributed by atoms with Crippen LogP contribution in [-0.4, -0.2) is 45.4 Å². The second-order valence-electron chi connectivity index (χ2n) is 7.63. The summed E-state index contributed by atoms with van der Waals surface area (Å²) >= 11 is 0. The Morgan fingerprint density at radius 3 is 2.79 bits per heavy atom. The van der Waals surface area contributed by atoms with Crippen LogP contribution in [0.5, 0.6) is 0 Å². The fourth-order valence-electron chi connectivity index (χ4n) is 3.68. The number of fused-ring (bicyclic) bond motifs is 1. The monoisotopic (exact) mass is 379 g/mol. The van der Waals surface area contributed by atoms with E-state index < -0.39 is 5.79 Å². The van der Waals surface area contributed by atoms with Crippen LogP contribution in [0.15, 0.2) is 54.9 Å². The molecule has 0 spiro atoms. The van der Waals surface area contributed by atoms with Gasteiger partial charge in [0.25, 0.3) is 5.91 Å². The van der Waals surface area contributed by atoms with Gasteiger partial charge >= 0.3 is 0 Å². The number of pyridine rings is 1. The van der Waals surface area contributed by atoms with Gasteiger partial charge in [-0.15, -0.1) is 0 Å². The molecule has 0 saturated carbocycles. The number of benzene rings is 1. The van der Waals surface area contributed by atoms with Gasteiger partial charge < -0.3 is 18.9 Å². The smallest absolute Gasteiger partial charge is 0.255 e. The SMILES string of the molecule is Cn1c(CN(C[C@H]2COC(C)(C)O2)C(=O)c2cccnc2)cc2ccccc21. The minimum atomic E-state index is -0.618. The first-order valence-electron chi connectivity index (χ1n) is 9.47. The molecule has 3 aromatic rings. The van der Waals surface area contributed by atoms with E-state index in [2.05, 4.69) is 27.8 Å². The number of rotatable bonds is 5. The topological polar surface area (TPSA) is 56.6 Å². The quantitative estimate of drug-likeness (QED) is 0.682. The van der Waals surface area contributed by atoms with E-state index in [0.717, 1.165) is 16.6 Å². The second kappa shape index (κ2) is 7.37. The number of carbonyl (C=O) groups is 1. The zero-order valence-corrected chi connectivity index (χ0v) is 16.5. The van der Waals surface area contributed by atoms with E-state index >= 15 is 0 Å². The maximum Gasteiger partial charge on any atom is 0.255 e. The number of nitrogens with zero attached hydrogens (tertiary/aromatic N) is 3. The summed E-state index contributed by atoms with van der Waals surface area (Å²) in [4.78, 5) is 19.1. The molecular weight excluding hydrogens is 354 g/mol. The van der Waals surface area contributed by atoms with Gasteiger partial charge in [-0.05, 0) is 43.5 Å². The van der Waals surface area contributed by atoms with Gasteiger partial charge in [0.2, 0.25) is 0 Å². The highest BCUT2D eigenvalue weighted by Crippen LogP contribution is 2.25. The van der Waals surface area contributed by atoms with Gasteiger partial charge in [0.1, 0.15) is 6.10 Å². The van der Waals surface area contributed by atoms with Gasteiger partial charge in [-0.25, -0.2) is 0 Å². The molecule has 3 heterocycles. The number of ether oxygens (including phenoxy) is 2. The minimum Gasteiger partial charge on any atom is -0.348 e. The molecule has 0 N–H and O–H groups in total. The van der Waals surface area contributed by atoms with E-state index in [4.69, 9.17) is 9.47 Å². The molecule has 0 radical (unpaired) electrons. The van der Waals surface area contributed by atoms with Crippen molar-refractivity contribution in [3.63, 3.8) is 0 Å². The van der Waals surface area contributed by atoms with Crippen molar-refractivity contribution in [3.05, 3.63) is 66.1 Å². The summed E-state index contributed by atoms with van der Waals surface area (Å²) in [7, 11) is 2.03. The van der Waals surface area contributed by atoms with Gasteiger partial charge in [0.15, 0.2) is 5.79 Å². The Morgan fingerprint density at radius 2 is 2.11 bits per heavy atom. The van der Waals surface area contributed by atoms with Crippen LogP contribution >= 0.6 is 0 Å². The third kappa shape index (κ3) is 3.79. The van der Waals surface area contributed by atoms with Crippen LogP contribution in [0.1, 0.15) is 29.9 Å². The lowest BCUT2D eigenvalue weighted by atomic mass is 10.2. The lowest BCUT2D eigenvalue weighted by Crippen LogP contribution is -2.39. The first-order chi connectivity index (χ1) is 13.4. The van der Waals surface area contributed by atoms with Crippen LogP contribution in [0.3, 0.4) is 0 Å². The molecule has 1 amide bonds. The highest BCUT2D eigenvalue weighted by atomic mass is 16.7. The molecule has 0 bridgehead atoms. The van der Waals surface area contributed by atoms with Gasteiger partial charge in [-0.3, -0.25) is 9.78 Å². The highest BCUT2D eigenvalue weighted by molar-refractivity contribution is 5.94. The molecule has 1 atom stereocenters. The standard InChI is InChI=1S/C22H25N3O3/c1-22(2)27-15-19(28-22)14-25(21(26)17-8-6-10-23-12-17)13-18-11-16-7-4-5-9-20(16)24(18)3/h4-12,19H,13-15H2,1-3H3/t19-/m0/s1. The predicted octanol–water partition coefficient (Wildman–Crippen LogP) is 3.37. The zero-order valence-electron chi connectivity index (χ0n) is 16.5. The number of para-hydroxylation sites is 1. The molecule has 1 aliphatic rings. The van der Waals surface area contributed by atoms with Crippen LogP contribution in [0.2, 0.25) is 0 Å². The Bertz CT molecular complexity index is 981. The molecule has 0 aliphatic carbocycles. The molecular formula is C22H25N3O3. The number of carbonyl (C=O) groups excluding carboxylic acids is 1. The molecule has 1 saturated heterocycles. The summed E-state index contributed by atoms with van der Waals surface area (Å²) in [5.41, 5.74) is 2.78. The van der Waals surface area contributed by atoms with Crippen molar-refractivity contribution in [2.75, 3.05) is 13.2 Å². The third-order valence-corrected chi connectivity index (χ3v) is 5.09. The number of hydrogen-bond donors (Lipinski definition) is 0. The molecule has 6 nitrogen and oxygen atoms in total. The van der Waals surface area contributed by atoms with Crippen molar-refractivity contribution < 1.29 is 14.3 Å². The van der Waals surface area contributed by atoms with E-state index in [1.54, 1.807) is 24.5 Å². The summed E-state index contributed by atoms with van der Waals surface area (Å²) in [5, 5.41) is 1.16. The van der Waals surface area contributed by atoms with Crippen molar-refractivity contribution in [1.82, 2.24) is 14.5 Å². The normalized spacial score (nSPS) is 18.5. The van der Waals surface area contributed by atoms with Gasteiger partial charge in [0.05, 0.1) is 25.3 Å². The van der Waals surface area contributed by atoms with Crippen LogP contribution in [0.25, 0.3) is 10.9 Å². The molecule has 2 aromatic heterocycles. The Kier molecular flexibility index (Phi) is 4.91. The first kappa shape index (κ1) is 18.7. The second-order valence-corrected chi connectivity index (χ2v) is 7.63. The van der Waals surface area contributed by atoms with Crippen molar-refractivity contribution in [2.24, 2.45) is 7.05 Å². The van der Waals surface area contributed by atoms with Crippen LogP contribution in [-0.2, 0) is 23.1 Å². The zero-order chi connectivity index (χ0) is 19.7. The van der Waals surface area contributed by atoms with Crippen molar-refractivity contribution in [3.8, 4) is 0 Å². The van der Waals surface area contributed by atoms with Gasteiger partial charge in [0, 0.05) is 30.7 Å². The van der Waals surface area contributed by atoms with Gasteiger partial charge in [-0.2, -0.15) is 0 Å². The van der Waals surface area contributed by atoms with E-state index in [1.807, 2.05) is 37.9 Å². The predicted molar refractivity (Wildman–Crippen MR) is 107 cm³/mol. The molecule has 146 valence electrons. The lowest BCUT2D eigenvalue weighted by molar-refractivity contribution is -0.139. The van der Waals surface area contributed by atoms with Crippen molar-refractivity contribution in [2.45, 2.75) is 32.3 Å². The van der Waals surface area contributed by atoms with Crippen molar-refractivity contribution in [1.29, 1.82) is 0 Å². The summed E-state index contributed by atoms with van der Waals surface area (Å²) in [6.07, 6.45) is 3.11. The number of hydrogen-bond acceptors (Lipinski definition) is 4. The summed E-state index contributed by atoms with van der Waals surface area (Å²) in [5.74, 6) is -0.681. The lowest BCUT2D eigenvalue weighted by Gasteiger charge is -2.26. The molecule has 0 unspecified atom stereocenters. The first-order valence-corrected chi connectivity index (χ1v) is 9.47. The van der Waals surface area contributed by atoms with Crippen LogP contribution < -0.4 is 0 Å². The molecule has 4 rings (SSSR count). The average Bonchev–Trinajstić information content (AvgIpc) is 3.20. The fraction of sp³-hybridized carbons (Fsp3) is 0.364. The Hall–Kier alpha value is -2.70. The van der Waals surface area contributed by atoms with Gasteiger partial charge in [-0.1, -0.05) is 18.2 Å². The van der Waals surface area contributed by atoms with E-state index in [0.29, 0.717) is 25.3 Å². The Morgan fingerprint density at radius 1 is 1.29 bits per heavy atom. The van der Waals surface area contributed by atoms with E-state index in [-0.39, 0.29) is 12.0 Å². The maximum atomic E-state index is 13.2. The number of aromatic nitrogens is 2. The van der Waals surface area contributed by atoms with Crippen molar-refractivity contribution >= 4 is 16.8 Å². The largest absolute Gasteiger partial charge is 0.348 e. The number of amides is 1. The molecule has 1 aromatic carbocycles. The molecule has 1 aliphatic heterocycles. The average molecular weight is 379 g/mol. The van der Waals surface area contributed by atoms with Crippen LogP contribution in [0, 0.1) is 0 Å². The summed E-state index contributed by atoms with van der Waals surface area (Å²) in [6.45, 7) is 5.20. The molecule has 28 heavy (non-hydrogen) atoms. The molecule has 6 heteroatoms. The third-order valence-electron chi connectivity index (χ3n) is 5.09. The Balaban J connectivity index is 1.62. The minimum absolute atomic E-state index is 0.0633. The summed E-state index contributed by atoms with van der Waals surface area (Å²) in [6, 6.07) is 13.9. The summed E-state index contributed by atoms with van der Waals surface area (Å²) < 4.78 is 13.8. The fourth-order valence-corrected chi connectivity index (χ4v) is 3.68. The highest BCUT2D eigenvalue weighted by Gasteiger charge is 2.34. The number of aryl methyl sites for hydroxylation is 1. The Labute approximate surface area is 164 Å². The maximum absolute atomic E-state index is 13.2.